The second-order valence-electron chi connectivity index (χ2n) is 9.75. The van der Waals surface area contributed by atoms with Crippen LogP contribution in [0.2, 0.25) is 0 Å². The van der Waals surface area contributed by atoms with Crippen molar-refractivity contribution in [1.29, 1.82) is 0 Å². The van der Waals surface area contributed by atoms with Crippen LogP contribution >= 0.6 is 0 Å². The molecule has 0 saturated heterocycles. The topological polar surface area (TPSA) is 24.5 Å². The number of benzene rings is 2. The van der Waals surface area contributed by atoms with E-state index in [1.165, 1.54) is 79.4 Å². The van der Waals surface area contributed by atoms with Crippen LogP contribution in [0.5, 0.6) is 5.75 Å². The Hall–Kier alpha value is -2.36. The Balaban J connectivity index is 1.44. The van der Waals surface area contributed by atoms with Gasteiger partial charge in [-0.2, -0.15) is 0 Å². The van der Waals surface area contributed by atoms with Crippen LogP contribution < -0.4 is 15.0 Å². The highest BCUT2D eigenvalue weighted by Gasteiger charge is 2.31. The summed E-state index contributed by atoms with van der Waals surface area (Å²) < 4.78 is 6.51. The fourth-order valence-corrected chi connectivity index (χ4v) is 5.49. The molecule has 0 amide bonds. The third kappa shape index (κ3) is 4.29. The standard InChI is InChI=1S/C28H35BN2O/c1-31-19-9-10-21-20-22(12-14-26(21)31)28(29)17-16-24-23-11-7-5-3-2-4-6-8-18-30-25(23)13-15-27(24)32-28/h12-17,20,30H,2-11,18-19H2,1H3/t28-/m0/s1. The predicted octanol–water partition coefficient (Wildman–Crippen LogP) is 6.19. The zero-order valence-corrected chi connectivity index (χ0v) is 19.5. The monoisotopic (exact) mass is 426 g/mol. The molecule has 5 rings (SSSR count). The first-order valence-corrected chi connectivity index (χ1v) is 12.6. The Bertz CT molecular complexity index is 1000. The highest BCUT2D eigenvalue weighted by molar-refractivity contribution is 6.17. The number of rotatable bonds is 1. The highest BCUT2D eigenvalue weighted by Crippen LogP contribution is 2.41. The largest absolute Gasteiger partial charge is 0.488 e. The molecule has 0 fully saturated rings. The van der Waals surface area contributed by atoms with E-state index in [-0.39, 0.29) is 0 Å². The molecule has 1 N–H and O–H groups in total. The first-order valence-electron chi connectivity index (χ1n) is 12.6. The molecule has 166 valence electrons. The van der Waals surface area contributed by atoms with Crippen LogP contribution in [0.1, 0.15) is 73.6 Å². The number of aryl methyl sites for hydroxylation is 1. The van der Waals surface area contributed by atoms with E-state index < -0.39 is 5.50 Å². The van der Waals surface area contributed by atoms with E-state index >= 15 is 0 Å². The minimum absolute atomic E-state index is 0.900. The Kier molecular flexibility index (Phi) is 6.21. The van der Waals surface area contributed by atoms with Crippen molar-refractivity contribution in [3.63, 3.8) is 0 Å². The second-order valence-corrected chi connectivity index (χ2v) is 9.75. The van der Waals surface area contributed by atoms with Gasteiger partial charge in [0.05, 0.1) is 0 Å². The van der Waals surface area contributed by atoms with Gasteiger partial charge in [0, 0.05) is 37.1 Å². The summed E-state index contributed by atoms with van der Waals surface area (Å²) in [5.74, 6) is 0.900. The van der Waals surface area contributed by atoms with Crippen molar-refractivity contribution in [2.75, 3.05) is 30.4 Å². The van der Waals surface area contributed by atoms with E-state index in [4.69, 9.17) is 12.6 Å². The summed E-state index contributed by atoms with van der Waals surface area (Å²) in [4.78, 5) is 2.33. The molecule has 0 bridgehead atoms. The summed E-state index contributed by atoms with van der Waals surface area (Å²) in [5, 5.41) is 3.70. The Morgan fingerprint density at radius 3 is 2.62 bits per heavy atom. The molecule has 0 saturated carbocycles. The summed E-state index contributed by atoms with van der Waals surface area (Å²) in [6, 6.07) is 10.9. The van der Waals surface area contributed by atoms with Crippen LogP contribution in [0, 0.1) is 0 Å². The van der Waals surface area contributed by atoms with Crippen molar-refractivity contribution in [3.8, 4) is 5.75 Å². The van der Waals surface area contributed by atoms with E-state index in [9.17, 15) is 0 Å². The average Bonchev–Trinajstić information content (AvgIpc) is 2.79. The molecule has 2 aromatic carbocycles. The maximum Gasteiger partial charge on any atom is 0.144 e. The quantitative estimate of drug-likeness (QED) is 0.550. The summed E-state index contributed by atoms with van der Waals surface area (Å²) in [7, 11) is 9.01. The predicted molar refractivity (Wildman–Crippen MR) is 136 cm³/mol. The average molecular weight is 426 g/mol. The number of hydrogen-bond donors (Lipinski definition) is 1. The number of nitrogens with zero attached hydrogens (tertiary/aromatic N) is 1. The lowest BCUT2D eigenvalue weighted by Gasteiger charge is -2.36. The van der Waals surface area contributed by atoms with E-state index in [2.05, 4.69) is 59.7 Å². The van der Waals surface area contributed by atoms with Crippen molar-refractivity contribution in [2.45, 2.75) is 69.7 Å². The molecule has 0 spiro atoms. The fourth-order valence-electron chi connectivity index (χ4n) is 5.49. The van der Waals surface area contributed by atoms with Crippen molar-refractivity contribution < 1.29 is 4.74 Å². The molecule has 2 radical (unpaired) electrons. The SMILES string of the molecule is [B][C@@]1(c2ccc3c(c2)CCCN3C)C=Cc2c(ccc3c2CCCCCCCCCN3)O1. The number of ether oxygens (including phenoxy) is 1. The molecule has 32 heavy (non-hydrogen) atoms. The molecular formula is C28H35BN2O. The molecule has 0 unspecified atom stereocenters. The van der Waals surface area contributed by atoms with E-state index in [0.717, 1.165) is 37.2 Å². The van der Waals surface area contributed by atoms with Gasteiger partial charge in [0.2, 0.25) is 0 Å². The lowest BCUT2D eigenvalue weighted by molar-refractivity contribution is 0.206. The lowest BCUT2D eigenvalue weighted by Crippen LogP contribution is -2.34. The normalized spacial score (nSPS) is 23.5. The fraction of sp³-hybridized carbons (Fsp3) is 0.500. The Labute approximate surface area is 194 Å². The molecule has 0 aromatic heterocycles. The Morgan fingerprint density at radius 2 is 1.75 bits per heavy atom. The van der Waals surface area contributed by atoms with Gasteiger partial charge in [-0.15, -0.1) is 0 Å². The summed E-state index contributed by atoms with van der Waals surface area (Å²) in [6.45, 7) is 2.16. The van der Waals surface area contributed by atoms with Gasteiger partial charge < -0.3 is 15.0 Å². The van der Waals surface area contributed by atoms with Crippen molar-refractivity contribution in [2.24, 2.45) is 0 Å². The molecule has 3 nitrogen and oxygen atoms in total. The van der Waals surface area contributed by atoms with Gasteiger partial charge >= 0.3 is 0 Å². The molecule has 3 heterocycles. The number of anilines is 2. The zero-order valence-electron chi connectivity index (χ0n) is 19.5. The maximum absolute atomic E-state index is 6.84. The van der Waals surface area contributed by atoms with Crippen LogP contribution in [0.15, 0.2) is 36.4 Å². The molecule has 3 aliphatic rings. The number of fused-ring (bicyclic) bond motifs is 4. The van der Waals surface area contributed by atoms with Gasteiger partial charge in [-0.3, -0.25) is 0 Å². The maximum atomic E-state index is 6.84. The van der Waals surface area contributed by atoms with Crippen LogP contribution in [0.3, 0.4) is 0 Å². The zero-order chi connectivity index (χ0) is 22.0. The highest BCUT2D eigenvalue weighted by atomic mass is 16.5. The van der Waals surface area contributed by atoms with Crippen molar-refractivity contribution in [3.05, 3.63) is 58.7 Å². The van der Waals surface area contributed by atoms with Crippen molar-refractivity contribution >= 4 is 25.3 Å². The van der Waals surface area contributed by atoms with Crippen LogP contribution in [0.4, 0.5) is 11.4 Å². The van der Waals surface area contributed by atoms with Gasteiger partial charge in [0.15, 0.2) is 0 Å². The van der Waals surface area contributed by atoms with Gasteiger partial charge in [-0.25, -0.2) is 0 Å². The molecule has 0 aliphatic carbocycles. The molecule has 2 aromatic rings. The summed E-state index contributed by atoms with van der Waals surface area (Å²) >= 11 is 0. The lowest BCUT2D eigenvalue weighted by atomic mass is 9.72. The van der Waals surface area contributed by atoms with Gasteiger partial charge in [0.1, 0.15) is 19.1 Å². The summed E-state index contributed by atoms with van der Waals surface area (Å²) in [6.07, 6.45) is 16.8. The van der Waals surface area contributed by atoms with E-state index in [1.54, 1.807) is 0 Å². The number of nitrogens with one attached hydrogen (secondary N) is 1. The van der Waals surface area contributed by atoms with Gasteiger partial charge in [0.25, 0.3) is 0 Å². The molecular weight excluding hydrogens is 391 g/mol. The third-order valence-corrected chi connectivity index (χ3v) is 7.39. The first kappa shape index (κ1) is 21.5. The van der Waals surface area contributed by atoms with E-state index in [1.807, 2.05) is 0 Å². The van der Waals surface area contributed by atoms with E-state index in [0.29, 0.717) is 0 Å². The molecule has 3 aliphatic heterocycles. The molecule has 4 heteroatoms. The first-order chi connectivity index (χ1) is 15.6. The van der Waals surface area contributed by atoms with Crippen molar-refractivity contribution in [1.82, 2.24) is 0 Å². The minimum atomic E-state index is -0.925. The Morgan fingerprint density at radius 1 is 0.938 bits per heavy atom. The minimum Gasteiger partial charge on any atom is -0.488 e. The van der Waals surface area contributed by atoms with Crippen LogP contribution in [-0.4, -0.2) is 28.0 Å². The smallest absolute Gasteiger partial charge is 0.144 e. The summed E-state index contributed by atoms with van der Waals surface area (Å²) in [5.41, 5.74) is 6.63. The molecule has 1 atom stereocenters. The third-order valence-electron chi connectivity index (χ3n) is 7.39. The van der Waals surface area contributed by atoms with Gasteiger partial charge in [-0.05, 0) is 73.1 Å². The number of hydrogen-bond acceptors (Lipinski definition) is 3. The second kappa shape index (κ2) is 9.25. The van der Waals surface area contributed by atoms with Crippen LogP contribution in [-0.2, 0) is 18.3 Å². The van der Waals surface area contributed by atoms with Gasteiger partial charge in [-0.1, -0.05) is 50.3 Å². The van der Waals surface area contributed by atoms with Crippen LogP contribution in [0.25, 0.3) is 6.08 Å².